The van der Waals surface area contributed by atoms with Gasteiger partial charge in [-0.1, -0.05) is 0 Å². The predicted molar refractivity (Wildman–Crippen MR) is 30.3 cm³/mol. The number of hydrogen-bond donors (Lipinski definition) is 0. The summed E-state index contributed by atoms with van der Waals surface area (Å²) in [6.45, 7) is 2.72. The van der Waals surface area contributed by atoms with E-state index in [9.17, 15) is 13.3 Å². The highest BCUT2D eigenvalue weighted by atomic mass is 31.2. The summed E-state index contributed by atoms with van der Waals surface area (Å²) in [5, 5.41) is 0. The number of alkyl halides is 2. The Hall–Kier alpha value is 0.0900. The fourth-order valence-corrected chi connectivity index (χ4v) is 0.997. The fourth-order valence-electron chi connectivity index (χ4n) is 0.332. The Morgan fingerprint density at radius 2 is 1.88 bits per heavy atom. The molecular formula is C4H9F2OP. The maximum Gasteiger partial charge on any atom is 0.245 e. The average Bonchev–Trinajstić information content (AvgIpc) is 1.21. The predicted octanol–water partition coefficient (Wildman–Crippen LogP) is 1.87. The fraction of sp³-hybridized carbons (Fsp3) is 1.00. The van der Waals surface area contributed by atoms with Crippen LogP contribution in [-0.2, 0) is 4.57 Å². The van der Waals surface area contributed by atoms with Crippen molar-refractivity contribution in [3.63, 3.8) is 0 Å². The van der Waals surface area contributed by atoms with Gasteiger partial charge in [0.1, 0.15) is 0 Å². The zero-order chi connectivity index (χ0) is 6.78. The maximum atomic E-state index is 11.4. The molecule has 0 fully saturated rings. The van der Waals surface area contributed by atoms with Crippen molar-refractivity contribution in [2.45, 2.75) is 6.43 Å². The first-order valence-corrected chi connectivity index (χ1v) is 5.02. The molecule has 0 saturated heterocycles. The molecule has 0 aliphatic rings. The van der Waals surface area contributed by atoms with Gasteiger partial charge < -0.3 is 4.57 Å². The van der Waals surface area contributed by atoms with Crippen LogP contribution >= 0.6 is 7.14 Å². The molecule has 0 amide bonds. The summed E-state index contributed by atoms with van der Waals surface area (Å²) in [5.74, 6) is 0. The molecule has 8 heavy (non-hydrogen) atoms. The van der Waals surface area contributed by atoms with Crippen LogP contribution in [0.1, 0.15) is 0 Å². The Bertz CT molecular complexity index is 107. The minimum absolute atomic E-state index is 0.451. The molecule has 0 N–H and O–H groups in total. The molecule has 0 saturated carbocycles. The van der Waals surface area contributed by atoms with E-state index in [-0.39, 0.29) is 0 Å². The van der Waals surface area contributed by atoms with E-state index >= 15 is 0 Å². The van der Waals surface area contributed by atoms with Crippen molar-refractivity contribution < 1.29 is 13.3 Å². The van der Waals surface area contributed by atoms with E-state index in [4.69, 9.17) is 0 Å². The third-order valence-electron chi connectivity index (χ3n) is 0.578. The summed E-state index contributed by atoms with van der Waals surface area (Å²) in [7, 11) is -2.47. The molecule has 0 unspecified atom stereocenters. The van der Waals surface area contributed by atoms with Gasteiger partial charge >= 0.3 is 0 Å². The van der Waals surface area contributed by atoms with Crippen LogP contribution in [0.4, 0.5) is 8.78 Å². The number of halogens is 2. The summed E-state index contributed by atoms with van der Waals surface area (Å²) < 4.78 is 33.3. The molecule has 0 aliphatic carbocycles. The topological polar surface area (TPSA) is 17.1 Å². The molecule has 0 aromatic heterocycles. The summed E-state index contributed by atoms with van der Waals surface area (Å²) in [4.78, 5) is 0. The SMILES string of the molecule is CP(C)(=O)CC(F)F. The standard InChI is InChI=1S/C4H9F2OP/c1-8(2,7)3-4(5)6/h4H,3H2,1-2H3. The van der Waals surface area contributed by atoms with Crippen molar-refractivity contribution in [3.05, 3.63) is 0 Å². The summed E-state index contributed by atoms with van der Waals surface area (Å²) in [6.07, 6.45) is -2.87. The van der Waals surface area contributed by atoms with Crippen molar-refractivity contribution >= 4 is 7.14 Å². The quantitative estimate of drug-likeness (QED) is 0.538. The van der Waals surface area contributed by atoms with Gasteiger partial charge in [-0.3, -0.25) is 0 Å². The zero-order valence-electron chi connectivity index (χ0n) is 4.90. The Balaban J connectivity index is 3.56. The largest absolute Gasteiger partial charge is 0.324 e. The number of rotatable bonds is 2. The van der Waals surface area contributed by atoms with Crippen LogP contribution in [0.25, 0.3) is 0 Å². The van der Waals surface area contributed by atoms with Crippen LogP contribution in [0.3, 0.4) is 0 Å². The molecule has 0 atom stereocenters. The zero-order valence-corrected chi connectivity index (χ0v) is 5.79. The van der Waals surface area contributed by atoms with Crippen LogP contribution in [0, 0.1) is 0 Å². The first kappa shape index (κ1) is 8.09. The molecule has 0 aliphatic heterocycles. The maximum absolute atomic E-state index is 11.4. The van der Waals surface area contributed by atoms with E-state index in [1.54, 1.807) is 0 Å². The van der Waals surface area contributed by atoms with Crippen molar-refractivity contribution in [2.24, 2.45) is 0 Å². The lowest BCUT2D eigenvalue weighted by Gasteiger charge is -2.02. The van der Waals surface area contributed by atoms with Gasteiger partial charge in [-0.05, 0) is 13.3 Å². The summed E-state index contributed by atoms with van der Waals surface area (Å²) >= 11 is 0. The molecule has 0 rings (SSSR count). The lowest BCUT2D eigenvalue weighted by molar-refractivity contribution is 0.174. The molecular weight excluding hydrogens is 133 g/mol. The van der Waals surface area contributed by atoms with Gasteiger partial charge in [-0.25, -0.2) is 8.78 Å². The first-order chi connectivity index (χ1) is 3.42. The van der Waals surface area contributed by atoms with Crippen LogP contribution < -0.4 is 0 Å². The smallest absolute Gasteiger partial charge is 0.245 e. The Morgan fingerprint density at radius 1 is 1.50 bits per heavy atom. The molecule has 0 aromatic rings. The van der Waals surface area contributed by atoms with Gasteiger partial charge in [0.15, 0.2) is 0 Å². The average molecular weight is 142 g/mol. The number of hydrogen-bond acceptors (Lipinski definition) is 1. The lowest BCUT2D eigenvalue weighted by Crippen LogP contribution is -1.97. The van der Waals surface area contributed by atoms with Crippen molar-refractivity contribution in [1.29, 1.82) is 0 Å². The molecule has 1 nitrogen and oxygen atoms in total. The molecule has 0 heterocycles. The van der Waals surface area contributed by atoms with E-state index < -0.39 is 19.7 Å². The minimum atomic E-state index is -2.47. The van der Waals surface area contributed by atoms with E-state index in [0.717, 1.165) is 0 Å². The second kappa shape index (κ2) is 2.58. The Morgan fingerprint density at radius 3 is 1.88 bits per heavy atom. The van der Waals surface area contributed by atoms with Crippen molar-refractivity contribution in [3.8, 4) is 0 Å². The summed E-state index contributed by atoms with van der Waals surface area (Å²) in [6, 6.07) is 0. The van der Waals surface area contributed by atoms with E-state index in [1.807, 2.05) is 0 Å². The van der Waals surface area contributed by atoms with E-state index in [1.165, 1.54) is 13.3 Å². The van der Waals surface area contributed by atoms with Gasteiger partial charge in [-0.15, -0.1) is 0 Å². The third kappa shape index (κ3) is 6.09. The van der Waals surface area contributed by atoms with Crippen LogP contribution in [-0.4, -0.2) is 25.9 Å². The van der Waals surface area contributed by atoms with E-state index in [0.29, 0.717) is 0 Å². The molecule has 0 spiro atoms. The van der Waals surface area contributed by atoms with Crippen LogP contribution in [0.15, 0.2) is 0 Å². The monoisotopic (exact) mass is 142 g/mol. The van der Waals surface area contributed by atoms with Gasteiger partial charge in [0, 0.05) is 0 Å². The van der Waals surface area contributed by atoms with Crippen molar-refractivity contribution in [2.75, 3.05) is 19.5 Å². The Kier molecular flexibility index (Phi) is 2.61. The second-order valence-corrected chi connectivity index (χ2v) is 5.66. The lowest BCUT2D eigenvalue weighted by atomic mass is 10.9. The minimum Gasteiger partial charge on any atom is -0.324 e. The van der Waals surface area contributed by atoms with Crippen LogP contribution in [0.5, 0.6) is 0 Å². The van der Waals surface area contributed by atoms with Gasteiger partial charge in [0.05, 0.1) is 13.3 Å². The normalized spacial score (nSPS) is 12.6. The van der Waals surface area contributed by atoms with Crippen molar-refractivity contribution in [1.82, 2.24) is 0 Å². The molecule has 0 radical (unpaired) electrons. The highest BCUT2D eigenvalue weighted by Crippen LogP contribution is 2.37. The van der Waals surface area contributed by atoms with E-state index in [2.05, 4.69) is 0 Å². The molecule has 0 bridgehead atoms. The molecule has 0 aromatic carbocycles. The highest BCUT2D eigenvalue weighted by molar-refractivity contribution is 7.62. The molecule has 50 valence electrons. The molecule has 4 heteroatoms. The summed E-state index contributed by atoms with van der Waals surface area (Å²) in [5.41, 5.74) is 0. The third-order valence-corrected chi connectivity index (χ3v) is 1.73. The van der Waals surface area contributed by atoms with Gasteiger partial charge in [-0.2, -0.15) is 0 Å². The first-order valence-electron chi connectivity index (χ1n) is 2.24. The van der Waals surface area contributed by atoms with Crippen LogP contribution in [0.2, 0.25) is 0 Å². The Labute approximate surface area is 47.5 Å². The second-order valence-electron chi connectivity index (χ2n) is 2.15. The van der Waals surface area contributed by atoms with Gasteiger partial charge in [0.25, 0.3) is 0 Å². The van der Waals surface area contributed by atoms with Gasteiger partial charge in [0.2, 0.25) is 6.43 Å². The highest BCUT2D eigenvalue weighted by Gasteiger charge is 2.14.